The maximum Gasteiger partial charge on any atom is 0.130 e. The van der Waals surface area contributed by atoms with E-state index in [1.54, 1.807) is 37.1 Å². The van der Waals surface area contributed by atoms with Crippen LogP contribution < -0.4 is 5.32 Å². The standard InChI is InChI=1S/C6H5ClN2S.C3H4N2/c7-5-1-2-6(8-3-5)9-4-10;1-2-5-3-4-1/h1-4H,(H,8,9,10);1-3H,(H,4,5). The van der Waals surface area contributed by atoms with Crippen LogP contribution in [0.1, 0.15) is 0 Å². The predicted octanol–water partition coefficient (Wildman–Crippen LogP) is 2.51. The van der Waals surface area contributed by atoms with Gasteiger partial charge in [0.2, 0.25) is 0 Å². The molecule has 0 aromatic carbocycles. The van der Waals surface area contributed by atoms with Crippen molar-refractivity contribution in [3.63, 3.8) is 0 Å². The molecule has 0 aliphatic heterocycles. The minimum Gasteiger partial charge on any atom is -0.351 e. The molecule has 2 aromatic rings. The molecule has 2 heterocycles. The van der Waals surface area contributed by atoms with Crippen molar-refractivity contribution < 1.29 is 0 Å². The first-order chi connectivity index (χ1) is 7.33. The van der Waals surface area contributed by atoms with Gasteiger partial charge >= 0.3 is 0 Å². The van der Waals surface area contributed by atoms with E-state index in [1.165, 1.54) is 5.49 Å². The highest BCUT2D eigenvalue weighted by molar-refractivity contribution is 7.79. The van der Waals surface area contributed by atoms with Crippen molar-refractivity contribution in [3.8, 4) is 0 Å². The minimum atomic E-state index is 0.620. The summed E-state index contributed by atoms with van der Waals surface area (Å²) in [5.74, 6) is 0.708. The smallest absolute Gasteiger partial charge is 0.130 e. The van der Waals surface area contributed by atoms with Gasteiger partial charge in [0.1, 0.15) is 5.82 Å². The first-order valence-corrected chi connectivity index (χ1v) is 4.92. The molecule has 0 saturated heterocycles. The summed E-state index contributed by atoms with van der Waals surface area (Å²) in [7, 11) is 0. The van der Waals surface area contributed by atoms with Crippen LogP contribution in [0.15, 0.2) is 37.1 Å². The molecule has 78 valence electrons. The Morgan fingerprint density at radius 1 is 1.47 bits per heavy atom. The summed E-state index contributed by atoms with van der Waals surface area (Å²) < 4.78 is 0. The van der Waals surface area contributed by atoms with Crippen molar-refractivity contribution in [2.24, 2.45) is 0 Å². The van der Waals surface area contributed by atoms with Crippen molar-refractivity contribution >= 4 is 35.1 Å². The number of aromatic nitrogens is 3. The molecule has 4 nitrogen and oxygen atoms in total. The number of imidazole rings is 1. The summed E-state index contributed by atoms with van der Waals surface area (Å²) in [6.45, 7) is 0. The Morgan fingerprint density at radius 3 is 2.73 bits per heavy atom. The number of thiocarbonyl (C=S) groups is 1. The van der Waals surface area contributed by atoms with Gasteiger partial charge in [-0.15, -0.1) is 0 Å². The minimum absolute atomic E-state index is 0.620. The topological polar surface area (TPSA) is 53.6 Å². The number of rotatable bonds is 2. The Labute approximate surface area is 97.7 Å². The summed E-state index contributed by atoms with van der Waals surface area (Å²) in [4.78, 5) is 10.3. The maximum absolute atomic E-state index is 5.59. The third-order valence-corrected chi connectivity index (χ3v) is 1.68. The number of anilines is 1. The van der Waals surface area contributed by atoms with Crippen LogP contribution in [0.5, 0.6) is 0 Å². The second kappa shape index (κ2) is 6.92. The Morgan fingerprint density at radius 2 is 2.33 bits per heavy atom. The summed E-state index contributed by atoms with van der Waals surface area (Å²) in [5, 5.41) is 3.38. The zero-order valence-electron chi connectivity index (χ0n) is 7.72. The van der Waals surface area contributed by atoms with Crippen LogP contribution in [0.25, 0.3) is 0 Å². The van der Waals surface area contributed by atoms with Crippen LogP contribution in [0.4, 0.5) is 5.82 Å². The van der Waals surface area contributed by atoms with E-state index < -0.39 is 0 Å². The number of hydrogen-bond donors (Lipinski definition) is 2. The van der Waals surface area contributed by atoms with E-state index in [-0.39, 0.29) is 0 Å². The molecular weight excluding hydrogens is 232 g/mol. The molecule has 0 fully saturated rings. The highest BCUT2D eigenvalue weighted by Gasteiger charge is 1.88. The average Bonchev–Trinajstić information content (AvgIpc) is 2.80. The van der Waals surface area contributed by atoms with Gasteiger partial charge in [0.25, 0.3) is 0 Å². The van der Waals surface area contributed by atoms with E-state index in [4.69, 9.17) is 11.6 Å². The highest BCUT2D eigenvalue weighted by Crippen LogP contribution is 2.08. The fraction of sp³-hybridized carbons (Fsp3) is 0. The lowest BCUT2D eigenvalue weighted by Gasteiger charge is -1.95. The van der Waals surface area contributed by atoms with E-state index in [1.807, 2.05) is 0 Å². The monoisotopic (exact) mass is 240 g/mol. The van der Waals surface area contributed by atoms with E-state index in [9.17, 15) is 0 Å². The Bertz CT molecular complexity index is 356. The number of nitrogens with zero attached hydrogens (tertiary/aromatic N) is 2. The second-order valence-electron chi connectivity index (χ2n) is 2.38. The molecule has 0 amide bonds. The van der Waals surface area contributed by atoms with Gasteiger partial charge in [-0.2, -0.15) is 0 Å². The first-order valence-electron chi connectivity index (χ1n) is 4.07. The average molecular weight is 241 g/mol. The Hall–Kier alpha value is -1.46. The van der Waals surface area contributed by atoms with E-state index in [0.717, 1.165) is 0 Å². The van der Waals surface area contributed by atoms with Gasteiger partial charge in [0.15, 0.2) is 0 Å². The van der Waals surface area contributed by atoms with Gasteiger partial charge in [0, 0.05) is 18.6 Å². The van der Waals surface area contributed by atoms with Crippen molar-refractivity contribution in [1.29, 1.82) is 0 Å². The number of halogens is 1. The van der Waals surface area contributed by atoms with E-state index in [0.29, 0.717) is 10.8 Å². The van der Waals surface area contributed by atoms with Crippen molar-refractivity contribution in [1.82, 2.24) is 15.0 Å². The fourth-order valence-corrected chi connectivity index (χ4v) is 0.969. The summed E-state index contributed by atoms with van der Waals surface area (Å²) in [6.07, 6.45) is 6.64. The molecule has 0 unspecified atom stereocenters. The number of aromatic amines is 1. The van der Waals surface area contributed by atoms with Gasteiger partial charge in [-0.05, 0) is 12.1 Å². The molecule has 0 spiro atoms. The molecule has 0 radical (unpaired) electrons. The number of nitrogens with one attached hydrogen (secondary N) is 2. The van der Waals surface area contributed by atoms with Crippen LogP contribution in [0.2, 0.25) is 5.02 Å². The van der Waals surface area contributed by atoms with Crippen LogP contribution >= 0.6 is 23.8 Å². The molecule has 0 saturated carbocycles. The van der Waals surface area contributed by atoms with Gasteiger partial charge in [-0.1, -0.05) is 23.8 Å². The number of pyridine rings is 1. The molecule has 0 aliphatic carbocycles. The third kappa shape index (κ3) is 5.09. The Balaban J connectivity index is 0.000000187. The van der Waals surface area contributed by atoms with Crippen molar-refractivity contribution in [3.05, 3.63) is 42.1 Å². The summed E-state index contributed by atoms with van der Waals surface area (Å²) >= 11 is 10.1. The summed E-state index contributed by atoms with van der Waals surface area (Å²) in [5.41, 5.74) is 1.40. The van der Waals surface area contributed by atoms with Crippen LogP contribution in [0, 0.1) is 0 Å². The molecule has 0 aliphatic rings. The SMILES string of the molecule is S=CNc1ccc(Cl)cn1.c1c[nH]cn1. The predicted molar refractivity (Wildman–Crippen MR) is 65.1 cm³/mol. The highest BCUT2D eigenvalue weighted by atomic mass is 35.5. The lowest BCUT2D eigenvalue weighted by Crippen LogP contribution is -1.93. The Kier molecular flexibility index (Phi) is 5.35. The molecule has 2 N–H and O–H groups in total. The molecule has 6 heteroatoms. The lowest BCUT2D eigenvalue weighted by atomic mass is 10.5. The molecule has 15 heavy (non-hydrogen) atoms. The fourth-order valence-electron chi connectivity index (χ4n) is 0.737. The zero-order valence-corrected chi connectivity index (χ0v) is 9.29. The third-order valence-electron chi connectivity index (χ3n) is 1.34. The van der Waals surface area contributed by atoms with Crippen LogP contribution in [-0.2, 0) is 0 Å². The van der Waals surface area contributed by atoms with Gasteiger partial charge < -0.3 is 10.3 Å². The first kappa shape index (κ1) is 11.6. The van der Waals surface area contributed by atoms with Crippen molar-refractivity contribution in [2.45, 2.75) is 0 Å². The number of hydrogen-bond acceptors (Lipinski definition) is 3. The summed E-state index contributed by atoms with van der Waals surface area (Å²) in [6, 6.07) is 3.50. The zero-order chi connectivity index (χ0) is 10.9. The van der Waals surface area contributed by atoms with Crippen LogP contribution in [-0.4, -0.2) is 20.4 Å². The normalized spacial score (nSPS) is 8.60. The number of H-pyrrole nitrogens is 1. The van der Waals surface area contributed by atoms with Gasteiger partial charge in [-0.25, -0.2) is 9.97 Å². The molecule has 0 bridgehead atoms. The van der Waals surface area contributed by atoms with Gasteiger partial charge in [0.05, 0.1) is 16.8 Å². The van der Waals surface area contributed by atoms with E-state index >= 15 is 0 Å². The largest absolute Gasteiger partial charge is 0.351 e. The van der Waals surface area contributed by atoms with Crippen LogP contribution in [0.3, 0.4) is 0 Å². The molecule has 2 rings (SSSR count). The van der Waals surface area contributed by atoms with Gasteiger partial charge in [-0.3, -0.25) is 0 Å². The maximum atomic E-state index is 5.59. The quantitative estimate of drug-likeness (QED) is 0.792. The second-order valence-corrected chi connectivity index (χ2v) is 3.06. The van der Waals surface area contributed by atoms with E-state index in [2.05, 4.69) is 32.5 Å². The molecule has 2 aromatic heterocycles. The lowest BCUT2D eigenvalue weighted by molar-refractivity contribution is 1.31. The van der Waals surface area contributed by atoms with Crippen molar-refractivity contribution in [2.75, 3.05) is 5.32 Å². The molecule has 0 atom stereocenters. The molecular formula is C9H9ClN4S.